The third-order valence-electron chi connectivity index (χ3n) is 5.71. The number of benzene rings is 3. The molecule has 0 fully saturated rings. The van der Waals surface area contributed by atoms with Crippen molar-refractivity contribution in [1.82, 2.24) is 0 Å². The first-order chi connectivity index (χ1) is 16.5. The molecule has 3 aromatic rings. The smallest absolute Gasteiger partial charge is 0.147 e. The maximum absolute atomic E-state index is 13.6. The summed E-state index contributed by atoms with van der Waals surface area (Å²) in [4.78, 5) is 12.3. The van der Waals surface area contributed by atoms with Crippen molar-refractivity contribution in [2.24, 2.45) is 0 Å². The number of unbranched alkanes of at least 4 members (excludes halogenated alkanes) is 2. The SMILES string of the molecule is CCCCCc1ccc(-c2ccc(CC(=O)CCCOc3cc(F)c(C#N)c(F)c3)cc2)cc1. The minimum atomic E-state index is -0.958. The van der Waals surface area contributed by atoms with Crippen LogP contribution in [0.4, 0.5) is 8.78 Å². The Balaban J connectivity index is 1.44. The van der Waals surface area contributed by atoms with Crippen LogP contribution in [-0.4, -0.2) is 12.4 Å². The second-order valence-corrected chi connectivity index (χ2v) is 8.39. The predicted molar refractivity (Wildman–Crippen MR) is 130 cm³/mol. The number of hydrogen-bond donors (Lipinski definition) is 0. The van der Waals surface area contributed by atoms with Crippen LogP contribution in [-0.2, 0) is 17.6 Å². The first kappa shape index (κ1) is 25.1. The zero-order valence-electron chi connectivity index (χ0n) is 19.4. The summed E-state index contributed by atoms with van der Waals surface area (Å²) in [6.07, 6.45) is 5.89. The number of rotatable bonds is 12. The number of nitrogens with zero attached hydrogens (tertiary/aromatic N) is 1. The van der Waals surface area contributed by atoms with Crippen molar-refractivity contribution < 1.29 is 18.3 Å². The van der Waals surface area contributed by atoms with Gasteiger partial charge in [-0.2, -0.15) is 5.26 Å². The Labute approximate surface area is 200 Å². The molecule has 0 saturated heterocycles. The molecule has 5 heteroatoms. The van der Waals surface area contributed by atoms with Crippen molar-refractivity contribution in [3.8, 4) is 22.9 Å². The van der Waals surface area contributed by atoms with Crippen LogP contribution < -0.4 is 4.74 Å². The molecule has 3 rings (SSSR count). The number of hydrogen-bond acceptors (Lipinski definition) is 3. The summed E-state index contributed by atoms with van der Waals surface area (Å²) in [7, 11) is 0. The monoisotopic (exact) mass is 461 g/mol. The molecule has 0 saturated carbocycles. The third kappa shape index (κ3) is 7.25. The maximum Gasteiger partial charge on any atom is 0.147 e. The van der Waals surface area contributed by atoms with E-state index in [2.05, 4.69) is 31.2 Å². The minimum Gasteiger partial charge on any atom is -0.493 e. The second-order valence-electron chi connectivity index (χ2n) is 8.39. The molecule has 0 aromatic heterocycles. The highest BCUT2D eigenvalue weighted by Crippen LogP contribution is 2.22. The van der Waals surface area contributed by atoms with Crippen LogP contribution in [0.5, 0.6) is 5.75 Å². The highest BCUT2D eigenvalue weighted by molar-refractivity contribution is 5.81. The first-order valence-electron chi connectivity index (χ1n) is 11.7. The van der Waals surface area contributed by atoms with Crippen LogP contribution in [0.1, 0.15) is 55.7 Å². The summed E-state index contributed by atoms with van der Waals surface area (Å²) in [6, 6.07) is 20.1. The van der Waals surface area contributed by atoms with E-state index in [9.17, 15) is 13.6 Å². The molecule has 0 aliphatic rings. The van der Waals surface area contributed by atoms with Crippen LogP contribution in [0.15, 0.2) is 60.7 Å². The van der Waals surface area contributed by atoms with Crippen molar-refractivity contribution in [3.05, 3.63) is 89.0 Å². The fraction of sp³-hybridized carbons (Fsp3) is 0.310. The summed E-state index contributed by atoms with van der Waals surface area (Å²) in [5.41, 5.74) is 3.95. The number of ether oxygens (including phenoxy) is 1. The molecule has 0 N–H and O–H groups in total. The maximum atomic E-state index is 13.6. The van der Waals surface area contributed by atoms with Gasteiger partial charge in [-0.1, -0.05) is 68.3 Å². The van der Waals surface area contributed by atoms with Gasteiger partial charge < -0.3 is 4.74 Å². The molecule has 0 unspecified atom stereocenters. The molecule has 3 aromatic carbocycles. The van der Waals surface area contributed by atoms with Gasteiger partial charge >= 0.3 is 0 Å². The Kier molecular flexibility index (Phi) is 9.34. The van der Waals surface area contributed by atoms with Crippen LogP contribution in [0, 0.1) is 23.0 Å². The van der Waals surface area contributed by atoms with Gasteiger partial charge in [0.25, 0.3) is 0 Å². The highest BCUT2D eigenvalue weighted by Gasteiger charge is 2.11. The van der Waals surface area contributed by atoms with E-state index >= 15 is 0 Å². The molecule has 3 nitrogen and oxygen atoms in total. The van der Waals surface area contributed by atoms with Gasteiger partial charge in [-0.25, -0.2) is 8.78 Å². The number of carbonyl (C=O) groups excluding carboxylic acids is 1. The largest absolute Gasteiger partial charge is 0.493 e. The van der Waals surface area contributed by atoms with Crippen molar-refractivity contribution in [3.63, 3.8) is 0 Å². The fourth-order valence-corrected chi connectivity index (χ4v) is 3.77. The summed E-state index contributed by atoms with van der Waals surface area (Å²) in [6.45, 7) is 2.37. The van der Waals surface area contributed by atoms with Crippen molar-refractivity contribution in [2.75, 3.05) is 6.61 Å². The number of aryl methyl sites for hydroxylation is 1. The molecular weight excluding hydrogens is 432 g/mol. The van der Waals surface area contributed by atoms with Gasteiger partial charge in [0, 0.05) is 25.0 Å². The minimum absolute atomic E-state index is 0.00558. The Morgan fingerprint density at radius 2 is 1.47 bits per heavy atom. The Bertz CT molecular complexity index is 1110. The first-order valence-corrected chi connectivity index (χ1v) is 11.7. The molecule has 0 aliphatic carbocycles. The van der Waals surface area contributed by atoms with Crippen molar-refractivity contribution in [1.29, 1.82) is 5.26 Å². The average molecular weight is 462 g/mol. The molecule has 34 heavy (non-hydrogen) atoms. The lowest BCUT2D eigenvalue weighted by molar-refractivity contribution is -0.118. The van der Waals surface area contributed by atoms with E-state index in [0.29, 0.717) is 19.3 Å². The molecule has 0 atom stereocenters. The standard InChI is InChI=1S/C29H29F2NO2/c1-2-3-4-6-21-8-12-23(13-9-21)24-14-10-22(11-15-24)17-25(33)7-5-16-34-26-18-28(30)27(20-32)29(31)19-26/h8-15,18-19H,2-7,16-17H2,1H3. The van der Waals surface area contributed by atoms with E-state index in [0.717, 1.165) is 35.2 Å². The fourth-order valence-electron chi connectivity index (χ4n) is 3.77. The number of carbonyl (C=O) groups is 1. The highest BCUT2D eigenvalue weighted by atomic mass is 19.1. The molecule has 0 amide bonds. The van der Waals surface area contributed by atoms with Crippen LogP contribution in [0.3, 0.4) is 0 Å². The Morgan fingerprint density at radius 1 is 0.882 bits per heavy atom. The molecule has 0 spiro atoms. The van der Waals surface area contributed by atoms with Gasteiger partial charge in [-0.15, -0.1) is 0 Å². The molecule has 0 aliphatic heterocycles. The molecule has 0 bridgehead atoms. The van der Waals surface area contributed by atoms with Gasteiger partial charge in [-0.05, 0) is 41.5 Å². The van der Waals surface area contributed by atoms with E-state index in [4.69, 9.17) is 10.00 Å². The normalized spacial score (nSPS) is 10.6. The van der Waals surface area contributed by atoms with E-state index in [1.165, 1.54) is 30.9 Å². The number of halogens is 2. The van der Waals surface area contributed by atoms with Gasteiger partial charge in [0.1, 0.15) is 34.8 Å². The van der Waals surface area contributed by atoms with E-state index < -0.39 is 17.2 Å². The van der Waals surface area contributed by atoms with Crippen molar-refractivity contribution >= 4 is 5.78 Å². The summed E-state index contributed by atoms with van der Waals surface area (Å²) in [5.74, 6) is -1.84. The number of ketones is 1. The summed E-state index contributed by atoms with van der Waals surface area (Å²) >= 11 is 0. The lowest BCUT2D eigenvalue weighted by atomic mass is 9.99. The van der Waals surface area contributed by atoms with Gasteiger partial charge in [-0.3, -0.25) is 4.79 Å². The van der Waals surface area contributed by atoms with Gasteiger partial charge in [0.15, 0.2) is 0 Å². The molecule has 0 radical (unpaired) electrons. The zero-order valence-corrected chi connectivity index (χ0v) is 19.4. The van der Waals surface area contributed by atoms with Crippen LogP contribution >= 0.6 is 0 Å². The molecular formula is C29H29F2NO2. The average Bonchev–Trinajstić information content (AvgIpc) is 2.83. The summed E-state index contributed by atoms with van der Waals surface area (Å²) in [5, 5.41) is 8.69. The van der Waals surface area contributed by atoms with Gasteiger partial charge in [0.05, 0.1) is 6.61 Å². The van der Waals surface area contributed by atoms with E-state index in [-0.39, 0.29) is 18.1 Å². The number of Topliss-reactive ketones (excluding diaryl/α,β-unsaturated/α-hetero) is 1. The van der Waals surface area contributed by atoms with Gasteiger partial charge in [0.2, 0.25) is 0 Å². The lowest BCUT2D eigenvalue weighted by Gasteiger charge is -2.08. The Morgan fingerprint density at radius 3 is 2.03 bits per heavy atom. The molecule has 176 valence electrons. The zero-order chi connectivity index (χ0) is 24.3. The quantitative estimate of drug-likeness (QED) is 0.268. The third-order valence-corrected chi connectivity index (χ3v) is 5.71. The van der Waals surface area contributed by atoms with Crippen molar-refractivity contribution in [2.45, 2.75) is 51.9 Å². The molecule has 0 heterocycles. The second kappa shape index (κ2) is 12.6. The van der Waals surface area contributed by atoms with Crippen LogP contribution in [0.25, 0.3) is 11.1 Å². The topological polar surface area (TPSA) is 50.1 Å². The Hall–Kier alpha value is -3.52. The van der Waals surface area contributed by atoms with E-state index in [1.54, 1.807) is 0 Å². The van der Waals surface area contributed by atoms with Crippen LogP contribution in [0.2, 0.25) is 0 Å². The predicted octanol–water partition coefficient (Wildman–Crippen LogP) is 7.21. The van der Waals surface area contributed by atoms with E-state index in [1.807, 2.05) is 24.3 Å². The number of nitriles is 1. The summed E-state index contributed by atoms with van der Waals surface area (Å²) < 4.78 is 32.5. The lowest BCUT2D eigenvalue weighted by Crippen LogP contribution is -2.06.